The van der Waals surface area contributed by atoms with Crippen LogP contribution in [0, 0.1) is 12.8 Å². The summed E-state index contributed by atoms with van der Waals surface area (Å²) >= 11 is 12.7. The number of benzene rings is 2. The zero-order valence-electron chi connectivity index (χ0n) is 15.4. The van der Waals surface area contributed by atoms with Crippen LogP contribution >= 0.6 is 43.5 Å². The molecule has 1 aliphatic heterocycles. The zero-order chi connectivity index (χ0) is 21.1. The lowest BCUT2D eigenvalue weighted by Crippen LogP contribution is -2.28. The van der Waals surface area contributed by atoms with Gasteiger partial charge in [-0.2, -0.15) is 0 Å². The van der Waals surface area contributed by atoms with E-state index in [0.717, 1.165) is 14.5 Å². The quantitative estimate of drug-likeness (QED) is 0.554. The number of ether oxygens (including phenoxy) is 1. The van der Waals surface area contributed by atoms with Gasteiger partial charge in [-0.25, -0.2) is 0 Å². The maximum absolute atomic E-state index is 12.3. The van der Waals surface area contributed by atoms with E-state index in [0.29, 0.717) is 16.4 Å². The van der Waals surface area contributed by atoms with E-state index in [4.69, 9.17) is 16.3 Å². The maximum Gasteiger partial charge on any atom is 0.311 e. The molecule has 2 aromatic rings. The molecule has 0 aliphatic carbocycles. The predicted molar refractivity (Wildman–Crippen MR) is 118 cm³/mol. The van der Waals surface area contributed by atoms with E-state index in [1.54, 1.807) is 29.2 Å². The summed E-state index contributed by atoms with van der Waals surface area (Å²) in [4.78, 5) is 38.3. The first-order chi connectivity index (χ1) is 13.7. The van der Waals surface area contributed by atoms with Crippen molar-refractivity contribution in [3.05, 3.63) is 55.9 Å². The molecule has 0 aromatic heterocycles. The van der Waals surface area contributed by atoms with E-state index in [2.05, 4.69) is 37.2 Å². The number of carbonyl (C=O) groups is 3. The predicted octanol–water partition coefficient (Wildman–Crippen LogP) is 4.71. The lowest BCUT2D eigenvalue weighted by Gasteiger charge is -2.16. The molecule has 0 bridgehead atoms. The molecule has 1 aliphatic rings. The van der Waals surface area contributed by atoms with Gasteiger partial charge in [0.2, 0.25) is 5.91 Å². The number of nitrogens with one attached hydrogen (secondary N) is 1. The van der Waals surface area contributed by atoms with Gasteiger partial charge >= 0.3 is 5.97 Å². The van der Waals surface area contributed by atoms with Gasteiger partial charge in [0.25, 0.3) is 5.91 Å². The molecule has 1 N–H and O–H groups in total. The first kappa shape index (κ1) is 21.8. The Morgan fingerprint density at radius 1 is 1.24 bits per heavy atom. The third kappa shape index (κ3) is 5.38. The monoisotopic (exact) mass is 542 g/mol. The molecule has 3 rings (SSSR count). The summed E-state index contributed by atoms with van der Waals surface area (Å²) in [6.07, 6.45) is 0.0535. The second kappa shape index (κ2) is 9.28. The number of halogens is 3. The molecule has 9 heteroatoms. The zero-order valence-corrected chi connectivity index (χ0v) is 19.3. The summed E-state index contributed by atoms with van der Waals surface area (Å²) in [5.74, 6) is -1.81. The molecule has 0 radical (unpaired) electrons. The Hall–Kier alpha value is -1.90. The fourth-order valence-corrected chi connectivity index (χ4v) is 3.84. The number of hydrogen-bond acceptors (Lipinski definition) is 4. The number of esters is 1. The van der Waals surface area contributed by atoms with Gasteiger partial charge in [0, 0.05) is 33.3 Å². The lowest BCUT2D eigenvalue weighted by atomic mass is 10.1. The van der Waals surface area contributed by atoms with Crippen LogP contribution in [0.5, 0.6) is 0 Å². The Labute approximate surface area is 189 Å². The van der Waals surface area contributed by atoms with E-state index in [9.17, 15) is 14.4 Å². The molecule has 1 saturated heterocycles. The van der Waals surface area contributed by atoms with Crippen LogP contribution in [0.3, 0.4) is 0 Å². The van der Waals surface area contributed by atoms with Crippen molar-refractivity contribution < 1.29 is 19.1 Å². The van der Waals surface area contributed by atoms with Crippen LogP contribution in [0.2, 0.25) is 5.02 Å². The largest absolute Gasteiger partial charge is 0.455 e. The van der Waals surface area contributed by atoms with Crippen LogP contribution in [0.4, 0.5) is 11.4 Å². The van der Waals surface area contributed by atoms with E-state index >= 15 is 0 Å². The normalized spacial score (nSPS) is 16.1. The number of rotatable bonds is 5. The van der Waals surface area contributed by atoms with Crippen molar-refractivity contribution in [3.8, 4) is 0 Å². The van der Waals surface area contributed by atoms with Gasteiger partial charge < -0.3 is 15.0 Å². The minimum atomic E-state index is -0.609. The highest BCUT2D eigenvalue weighted by Crippen LogP contribution is 2.29. The minimum absolute atomic E-state index is 0.0535. The Morgan fingerprint density at radius 3 is 2.62 bits per heavy atom. The topological polar surface area (TPSA) is 75.7 Å². The number of nitrogens with zero attached hydrogens (tertiary/aromatic N) is 1. The van der Waals surface area contributed by atoms with Crippen LogP contribution in [0.25, 0.3) is 0 Å². The van der Waals surface area contributed by atoms with Gasteiger partial charge in [-0.05, 0) is 64.8 Å². The van der Waals surface area contributed by atoms with E-state index in [-0.39, 0.29) is 18.9 Å². The van der Waals surface area contributed by atoms with Crippen LogP contribution in [0.1, 0.15) is 12.0 Å². The fourth-order valence-electron chi connectivity index (χ4n) is 2.96. The van der Waals surface area contributed by atoms with Gasteiger partial charge in [-0.1, -0.05) is 27.5 Å². The highest BCUT2D eigenvalue weighted by molar-refractivity contribution is 9.10. The van der Waals surface area contributed by atoms with Crippen molar-refractivity contribution in [2.24, 2.45) is 5.92 Å². The summed E-state index contributed by atoms with van der Waals surface area (Å²) in [5, 5.41) is 3.13. The van der Waals surface area contributed by atoms with Gasteiger partial charge in [0.1, 0.15) is 0 Å². The van der Waals surface area contributed by atoms with Gasteiger partial charge in [0.05, 0.1) is 10.9 Å². The standard InChI is InChI=1S/C20H17Br2ClN2O4/c1-11-6-15(22)16(23)8-17(11)24-18(26)10-29-20(28)12-7-19(27)25(9-12)14-4-2-13(21)3-5-14/h2-6,8,12H,7,9-10H2,1H3,(H,24,26)/t12-/m0/s1. The van der Waals surface area contributed by atoms with Crippen LogP contribution in [-0.2, 0) is 19.1 Å². The molecule has 0 spiro atoms. The first-order valence-corrected chi connectivity index (χ1v) is 10.7. The smallest absolute Gasteiger partial charge is 0.311 e. The van der Waals surface area contributed by atoms with Crippen molar-refractivity contribution >= 4 is 72.6 Å². The molecule has 1 atom stereocenters. The van der Waals surface area contributed by atoms with E-state index in [1.807, 2.05) is 19.1 Å². The number of carbonyl (C=O) groups excluding carboxylic acids is 3. The molecule has 1 fully saturated rings. The molecular formula is C20H17Br2ClN2O4. The Balaban J connectivity index is 1.54. The van der Waals surface area contributed by atoms with Crippen LogP contribution in [0.15, 0.2) is 45.3 Å². The van der Waals surface area contributed by atoms with Crippen LogP contribution in [-0.4, -0.2) is 30.9 Å². The summed E-state index contributed by atoms with van der Waals surface area (Å²) in [6.45, 7) is 1.61. The SMILES string of the molecule is Cc1cc(Br)c(Cl)cc1NC(=O)COC(=O)[C@H]1CC(=O)N(c2ccc(Br)cc2)C1. The van der Waals surface area contributed by atoms with E-state index < -0.39 is 24.4 Å². The second-order valence-electron chi connectivity index (χ2n) is 6.62. The van der Waals surface area contributed by atoms with Crippen molar-refractivity contribution in [2.45, 2.75) is 13.3 Å². The molecule has 2 aromatic carbocycles. The third-order valence-corrected chi connectivity index (χ3v) is 6.21. The number of anilines is 2. The summed E-state index contributed by atoms with van der Waals surface area (Å²) in [5.41, 5.74) is 2.07. The maximum atomic E-state index is 12.3. The number of amides is 2. The number of aryl methyl sites for hydroxylation is 1. The van der Waals surface area contributed by atoms with E-state index in [1.165, 1.54) is 0 Å². The average molecular weight is 545 g/mol. The Morgan fingerprint density at radius 2 is 1.93 bits per heavy atom. The molecule has 29 heavy (non-hydrogen) atoms. The van der Waals surface area contributed by atoms with Gasteiger partial charge in [-0.3, -0.25) is 14.4 Å². The Kier molecular flexibility index (Phi) is 6.97. The van der Waals surface area contributed by atoms with Crippen molar-refractivity contribution in [2.75, 3.05) is 23.4 Å². The van der Waals surface area contributed by atoms with Crippen LogP contribution < -0.4 is 10.2 Å². The molecule has 0 unspecified atom stereocenters. The molecule has 152 valence electrons. The molecule has 0 saturated carbocycles. The molecular weight excluding hydrogens is 527 g/mol. The van der Waals surface area contributed by atoms with Gasteiger partial charge in [0.15, 0.2) is 6.61 Å². The van der Waals surface area contributed by atoms with Crippen molar-refractivity contribution in [1.29, 1.82) is 0 Å². The minimum Gasteiger partial charge on any atom is -0.455 e. The van der Waals surface area contributed by atoms with Crippen molar-refractivity contribution in [1.82, 2.24) is 0 Å². The molecule has 2 amide bonds. The van der Waals surface area contributed by atoms with Crippen molar-refractivity contribution in [3.63, 3.8) is 0 Å². The fraction of sp³-hybridized carbons (Fsp3) is 0.250. The second-order valence-corrected chi connectivity index (χ2v) is 8.80. The summed E-state index contributed by atoms with van der Waals surface area (Å²) < 4.78 is 6.75. The molecule has 1 heterocycles. The lowest BCUT2D eigenvalue weighted by molar-refractivity contribution is -0.151. The Bertz CT molecular complexity index is 966. The first-order valence-electron chi connectivity index (χ1n) is 8.72. The average Bonchev–Trinajstić information content (AvgIpc) is 3.06. The summed E-state index contributed by atoms with van der Waals surface area (Å²) in [7, 11) is 0. The summed E-state index contributed by atoms with van der Waals surface area (Å²) in [6, 6.07) is 10.7. The van der Waals surface area contributed by atoms with Gasteiger partial charge in [-0.15, -0.1) is 0 Å². The highest BCUT2D eigenvalue weighted by atomic mass is 79.9. The highest BCUT2D eigenvalue weighted by Gasteiger charge is 2.36. The molecule has 6 nitrogen and oxygen atoms in total. The third-order valence-electron chi connectivity index (χ3n) is 4.48. The number of hydrogen-bond donors (Lipinski definition) is 1.